The fourth-order valence-corrected chi connectivity index (χ4v) is 1.29. The van der Waals surface area contributed by atoms with E-state index in [4.69, 9.17) is 10.9 Å². The molecule has 0 aromatic heterocycles. The Balaban J connectivity index is 3.94. The minimum Gasteiger partial charge on any atom is -0.409 e. The van der Waals surface area contributed by atoms with E-state index in [1.54, 1.807) is 0 Å². The molecule has 0 fully saturated rings. The third-order valence-corrected chi connectivity index (χ3v) is 3.66. The van der Waals surface area contributed by atoms with E-state index >= 15 is 0 Å². The molecule has 17 heavy (non-hydrogen) atoms. The molecule has 1 atom stereocenters. The molecule has 102 valence electrons. The second-order valence-corrected chi connectivity index (χ2v) is 6.59. The molecule has 0 aliphatic carbocycles. The quantitative estimate of drug-likeness (QED) is 0.221. The molecule has 0 amide bonds. The van der Waals surface area contributed by atoms with E-state index in [2.05, 4.69) is 38.2 Å². The van der Waals surface area contributed by atoms with E-state index in [1.165, 1.54) is 0 Å². The summed E-state index contributed by atoms with van der Waals surface area (Å²) in [7, 11) is 0. The molecule has 0 aromatic carbocycles. The molecular weight excluding hydrogens is 214 g/mol. The standard InChI is InChI=1S/C13H29N3O/c1-10(12(2,3)4)9-15-8-7-13(5,6)11(14)16-17/h10,15,17H,7-9H2,1-6H3,(H2,14,16). The van der Waals surface area contributed by atoms with Gasteiger partial charge in [-0.25, -0.2) is 0 Å². The summed E-state index contributed by atoms with van der Waals surface area (Å²) >= 11 is 0. The van der Waals surface area contributed by atoms with Gasteiger partial charge >= 0.3 is 0 Å². The van der Waals surface area contributed by atoms with Gasteiger partial charge < -0.3 is 16.3 Å². The van der Waals surface area contributed by atoms with Crippen molar-refractivity contribution in [1.29, 1.82) is 0 Å². The zero-order valence-corrected chi connectivity index (χ0v) is 12.2. The molecule has 0 radical (unpaired) electrons. The van der Waals surface area contributed by atoms with Gasteiger partial charge in [0, 0.05) is 5.41 Å². The summed E-state index contributed by atoms with van der Waals surface area (Å²) in [4.78, 5) is 0. The number of hydrogen-bond donors (Lipinski definition) is 3. The van der Waals surface area contributed by atoms with Gasteiger partial charge in [0.05, 0.1) is 0 Å². The van der Waals surface area contributed by atoms with Crippen LogP contribution in [0.4, 0.5) is 0 Å². The van der Waals surface area contributed by atoms with Crippen LogP contribution in [-0.4, -0.2) is 24.1 Å². The largest absolute Gasteiger partial charge is 0.409 e. The second-order valence-electron chi connectivity index (χ2n) is 6.59. The fourth-order valence-electron chi connectivity index (χ4n) is 1.29. The van der Waals surface area contributed by atoms with E-state index in [1.807, 2.05) is 13.8 Å². The number of nitrogens with zero attached hydrogens (tertiary/aromatic N) is 1. The minimum absolute atomic E-state index is 0.257. The monoisotopic (exact) mass is 243 g/mol. The Hall–Kier alpha value is -0.770. The van der Waals surface area contributed by atoms with Crippen LogP contribution in [0.3, 0.4) is 0 Å². The van der Waals surface area contributed by atoms with E-state index in [0.29, 0.717) is 17.2 Å². The Morgan fingerprint density at radius 1 is 1.29 bits per heavy atom. The summed E-state index contributed by atoms with van der Waals surface area (Å²) in [5, 5.41) is 15.2. The zero-order valence-electron chi connectivity index (χ0n) is 12.2. The molecule has 4 N–H and O–H groups in total. The lowest BCUT2D eigenvalue weighted by Crippen LogP contribution is -2.36. The second kappa shape index (κ2) is 6.24. The summed E-state index contributed by atoms with van der Waals surface area (Å²) < 4.78 is 0. The van der Waals surface area contributed by atoms with Gasteiger partial charge in [-0.3, -0.25) is 0 Å². The Morgan fingerprint density at radius 2 is 1.82 bits per heavy atom. The lowest BCUT2D eigenvalue weighted by Gasteiger charge is -2.28. The molecule has 0 aromatic rings. The number of oxime groups is 1. The maximum Gasteiger partial charge on any atom is 0.144 e. The van der Waals surface area contributed by atoms with Crippen LogP contribution in [0.1, 0.15) is 48.0 Å². The lowest BCUT2D eigenvalue weighted by molar-refractivity contribution is 0.250. The van der Waals surface area contributed by atoms with Crippen molar-refractivity contribution >= 4 is 5.84 Å². The van der Waals surface area contributed by atoms with Gasteiger partial charge in [-0.1, -0.05) is 46.7 Å². The van der Waals surface area contributed by atoms with Crippen molar-refractivity contribution < 1.29 is 5.21 Å². The van der Waals surface area contributed by atoms with Crippen molar-refractivity contribution in [3.8, 4) is 0 Å². The molecule has 4 nitrogen and oxygen atoms in total. The van der Waals surface area contributed by atoms with E-state index in [0.717, 1.165) is 19.5 Å². The normalized spacial score (nSPS) is 16.0. The molecule has 0 saturated carbocycles. The maximum atomic E-state index is 8.66. The molecule has 0 spiro atoms. The SMILES string of the molecule is CC(CNCCC(C)(C)C(N)=NO)C(C)(C)C. The highest BCUT2D eigenvalue weighted by molar-refractivity contribution is 5.85. The molecule has 0 bridgehead atoms. The Kier molecular flexibility index (Phi) is 5.96. The van der Waals surface area contributed by atoms with E-state index in [-0.39, 0.29) is 5.41 Å². The maximum absolute atomic E-state index is 8.66. The number of rotatable bonds is 6. The van der Waals surface area contributed by atoms with Gasteiger partial charge in [0.2, 0.25) is 0 Å². The van der Waals surface area contributed by atoms with Gasteiger partial charge in [0.1, 0.15) is 5.84 Å². The van der Waals surface area contributed by atoms with Crippen molar-refractivity contribution in [3.05, 3.63) is 0 Å². The van der Waals surface area contributed by atoms with Gasteiger partial charge in [0.25, 0.3) is 0 Å². The first-order chi connectivity index (χ1) is 7.61. The summed E-state index contributed by atoms with van der Waals surface area (Å²) in [6.07, 6.45) is 0.861. The van der Waals surface area contributed by atoms with Crippen LogP contribution in [0.25, 0.3) is 0 Å². The van der Waals surface area contributed by atoms with Crippen LogP contribution in [0.2, 0.25) is 0 Å². The summed E-state index contributed by atoms with van der Waals surface area (Å²) in [6, 6.07) is 0. The van der Waals surface area contributed by atoms with Crippen molar-refractivity contribution in [2.75, 3.05) is 13.1 Å². The van der Waals surface area contributed by atoms with Gasteiger partial charge in [-0.05, 0) is 30.8 Å². The highest BCUT2D eigenvalue weighted by Gasteiger charge is 2.23. The Labute approximate surface area is 106 Å². The van der Waals surface area contributed by atoms with Crippen LogP contribution < -0.4 is 11.1 Å². The first-order valence-electron chi connectivity index (χ1n) is 6.30. The minimum atomic E-state index is -0.257. The number of hydrogen-bond acceptors (Lipinski definition) is 3. The van der Waals surface area contributed by atoms with Crippen molar-refractivity contribution in [1.82, 2.24) is 5.32 Å². The summed E-state index contributed by atoms with van der Waals surface area (Å²) in [5.41, 5.74) is 5.70. The number of nitrogens with one attached hydrogen (secondary N) is 1. The first-order valence-corrected chi connectivity index (χ1v) is 6.30. The van der Waals surface area contributed by atoms with Crippen LogP contribution in [0.15, 0.2) is 5.16 Å². The molecule has 0 aliphatic heterocycles. The van der Waals surface area contributed by atoms with Gasteiger partial charge in [0.15, 0.2) is 0 Å². The predicted molar refractivity (Wildman–Crippen MR) is 73.3 cm³/mol. The average molecular weight is 243 g/mol. The predicted octanol–water partition coefficient (Wildman–Crippen LogP) is 2.42. The molecule has 1 unspecified atom stereocenters. The van der Waals surface area contributed by atoms with Crippen molar-refractivity contribution in [3.63, 3.8) is 0 Å². The Morgan fingerprint density at radius 3 is 2.24 bits per heavy atom. The number of nitrogens with two attached hydrogens (primary N) is 1. The summed E-state index contributed by atoms with van der Waals surface area (Å²) in [5.74, 6) is 0.914. The number of amidine groups is 1. The highest BCUT2D eigenvalue weighted by Crippen LogP contribution is 2.24. The van der Waals surface area contributed by atoms with E-state index < -0.39 is 0 Å². The Bertz CT molecular complexity index is 254. The molecule has 4 heteroatoms. The van der Waals surface area contributed by atoms with Gasteiger partial charge in [-0.2, -0.15) is 0 Å². The van der Waals surface area contributed by atoms with Crippen LogP contribution >= 0.6 is 0 Å². The summed E-state index contributed by atoms with van der Waals surface area (Å²) in [6.45, 7) is 14.8. The average Bonchev–Trinajstić information content (AvgIpc) is 2.21. The third kappa shape index (κ3) is 5.91. The molecular formula is C13H29N3O. The van der Waals surface area contributed by atoms with Crippen molar-refractivity contribution in [2.24, 2.45) is 27.6 Å². The lowest BCUT2D eigenvalue weighted by atomic mass is 9.82. The van der Waals surface area contributed by atoms with Crippen molar-refractivity contribution in [2.45, 2.75) is 48.0 Å². The first kappa shape index (κ1) is 16.2. The highest BCUT2D eigenvalue weighted by atomic mass is 16.4. The molecule has 0 heterocycles. The topological polar surface area (TPSA) is 70.6 Å². The zero-order chi connectivity index (χ0) is 13.7. The molecule has 0 aliphatic rings. The third-order valence-electron chi connectivity index (χ3n) is 3.66. The smallest absolute Gasteiger partial charge is 0.144 e. The molecule has 0 saturated heterocycles. The van der Waals surface area contributed by atoms with E-state index in [9.17, 15) is 0 Å². The molecule has 0 rings (SSSR count). The van der Waals surface area contributed by atoms with Crippen LogP contribution in [-0.2, 0) is 0 Å². The van der Waals surface area contributed by atoms with Crippen LogP contribution in [0, 0.1) is 16.7 Å². The van der Waals surface area contributed by atoms with Crippen LogP contribution in [0.5, 0.6) is 0 Å². The fraction of sp³-hybridized carbons (Fsp3) is 0.923. The van der Waals surface area contributed by atoms with Gasteiger partial charge in [-0.15, -0.1) is 0 Å².